The molecule has 0 aliphatic carbocycles. The lowest BCUT2D eigenvalue weighted by atomic mass is 10.1. The van der Waals surface area contributed by atoms with Crippen molar-refractivity contribution in [3.63, 3.8) is 0 Å². The van der Waals surface area contributed by atoms with Crippen LogP contribution in [0.15, 0.2) is 41.4 Å². The molecule has 0 aromatic heterocycles. The number of hydrogen-bond acceptors (Lipinski definition) is 5. The van der Waals surface area contributed by atoms with Gasteiger partial charge in [0.25, 0.3) is 0 Å². The molecule has 4 rings (SSSR count). The highest BCUT2D eigenvalue weighted by atomic mass is 32.2. The van der Waals surface area contributed by atoms with E-state index in [4.69, 9.17) is 0 Å². The Bertz CT molecular complexity index is 844. The van der Waals surface area contributed by atoms with E-state index < -0.39 is 0 Å². The van der Waals surface area contributed by atoms with E-state index in [0.29, 0.717) is 18.3 Å². The molecule has 7 heteroatoms. The van der Waals surface area contributed by atoms with Crippen molar-refractivity contribution in [1.82, 2.24) is 10.2 Å². The van der Waals surface area contributed by atoms with Gasteiger partial charge in [-0.05, 0) is 17.5 Å². The summed E-state index contributed by atoms with van der Waals surface area (Å²) in [6.45, 7) is 0.948. The summed E-state index contributed by atoms with van der Waals surface area (Å²) in [6.07, 6.45) is 0. The smallest absolute Gasteiger partial charge is 0.324 e. The third-order valence-electron chi connectivity index (χ3n) is 3.84. The molecule has 2 aromatic carbocycles. The van der Waals surface area contributed by atoms with Gasteiger partial charge in [0.1, 0.15) is 0 Å². The Kier molecular flexibility index (Phi) is 3.42. The molecule has 0 bridgehead atoms. The first-order valence-corrected chi connectivity index (χ1v) is 8.29. The number of amides is 3. The van der Waals surface area contributed by atoms with Gasteiger partial charge in [-0.1, -0.05) is 36.0 Å². The number of rotatable bonds is 2. The van der Waals surface area contributed by atoms with E-state index in [1.165, 1.54) is 16.7 Å². The quantitative estimate of drug-likeness (QED) is 0.889. The lowest BCUT2D eigenvalue weighted by Crippen LogP contribution is -2.35. The number of anilines is 1. The Morgan fingerprint density at radius 2 is 2.09 bits per heavy atom. The summed E-state index contributed by atoms with van der Waals surface area (Å²) in [5.74, 6) is -0.0243. The highest BCUT2D eigenvalue weighted by molar-refractivity contribution is 8.14. The standard InChI is InChI=1S/C16H14N4O2S/c21-13(20-8-7-17-16(20)22)9-23-15-18-11-5-1-3-10-4-2-6-12(19-15)14(10)11/h1-6H,7-9H2,(H,17,22)(H,18,19). The molecule has 6 nitrogen and oxygen atoms in total. The van der Waals surface area contributed by atoms with E-state index >= 15 is 0 Å². The number of carbonyl (C=O) groups is 2. The van der Waals surface area contributed by atoms with Crippen molar-refractivity contribution in [3.05, 3.63) is 36.4 Å². The molecule has 1 saturated heterocycles. The Balaban J connectivity index is 1.53. The lowest BCUT2D eigenvalue weighted by molar-refractivity contribution is -0.124. The number of hydrogen-bond donors (Lipinski definition) is 2. The van der Waals surface area contributed by atoms with Crippen LogP contribution in [0.1, 0.15) is 0 Å². The van der Waals surface area contributed by atoms with Gasteiger partial charge in [0.15, 0.2) is 5.17 Å². The first-order chi connectivity index (χ1) is 11.2. The maximum absolute atomic E-state index is 12.1. The van der Waals surface area contributed by atoms with Crippen LogP contribution in [0.25, 0.3) is 10.8 Å². The highest BCUT2D eigenvalue weighted by Gasteiger charge is 2.26. The van der Waals surface area contributed by atoms with Crippen LogP contribution in [0.5, 0.6) is 0 Å². The molecule has 0 radical (unpaired) electrons. The van der Waals surface area contributed by atoms with Crippen molar-refractivity contribution < 1.29 is 9.59 Å². The molecule has 0 atom stereocenters. The number of thioether (sulfide) groups is 1. The molecule has 2 aliphatic rings. The summed E-state index contributed by atoms with van der Waals surface area (Å²) >= 11 is 1.31. The summed E-state index contributed by atoms with van der Waals surface area (Å²) in [5.41, 5.74) is 1.88. The van der Waals surface area contributed by atoms with Crippen molar-refractivity contribution in [2.75, 3.05) is 24.2 Å². The first-order valence-electron chi connectivity index (χ1n) is 7.31. The molecule has 2 aromatic rings. The summed E-state index contributed by atoms with van der Waals surface area (Å²) < 4.78 is 0. The van der Waals surface area contributed by atoms with E-state index in [0.717, 1.165) is 22.1 Å². The number of nitrogens with zero attached hydrogens (tertiary/aromatic N) is 2. The van der Waals surface area contributed by atoms with Gasteiger partial charge in [-0.3, -0.25) is 9.69 Å². The number of nitrogens with one attached hydrogen (secondary N) is 2. The normalized spacial score (nSPS) is 16.1. The van der Waals surface area contributed by atoms with Crippen LogP contribution >= 0.6 is 11.8 Å². The van der Waals surface area contributed by atoms with Crippen molar-refractivity contribution in [2.45, 2.75) is 0 Å². The van der Waals surface area contributed by atoms with Crippen molar-refractivity contribution in [1.29, 1.82) is 0 Å². The van der Waals surface area contributed by atoms with E-state index in [2.05, 4.69) is 15.6 Å². The second-order valence-electron chi connectivity index (χ2n) is 5.29. The topological polar surface area (TPSA) is 73.8 Å². The van der Waals surface area contributed by atoms with E-state index in [9.17, 15) is 9.59 Å². The zero-order valence-corrected chi connectivity index (χ0v) is 13.0. The molecular formula is C16H14N4O2S. The van der Waals surface area contributed by atoms with E-state index in [-0.39, 0.29) is 17.7 Å². The average molecular weight is 326 g/mol. The highest BCUT2D eigenvalue weighted by Crippen LogP contribution is 2.36. The molecular weight excluding hydrogens is 312 g/mol. The van der Waals surface area contributed by atoms with Gasteiger partial charge < -0.3 is 10.6 Å². The maximum Gasteiger partial charge on any atom is 0.324 e. The predicted molar refractivity (Wildman–Crippen MR) is 92.2 cm³/mol. The molecule has 2 N–H and O–H groups in total. The minimum atomic E-state index is -0.316. The van der Waals surface area contributed by atoms with Gasteiger partial charge in [0, 0.05) is 18.5 Å². The zero-order valence-electron chi connectivity index (χ0n) is 12.2. The minimum Gasteiger partial charge on any atom is -0.336 e. The molecule has 0 unspecified atom stereocenters. The Morgan fingerprint density at radius 1 is 1.26 bits per heavy atom. The molecule has 0 saturated carbocycles. The molecule has 116 valence electrons. The van der Waals surface area contributed by atoms with Gasteiger partial charge in [-0.15, -0.1) is 0 Å². The van der Waals surface area contributed by atoms with Crippen LogP contribution in [-0.4, -0.2) is 40.8 Å². The predicted octanol–water partition coefficient (Wildman–Crippen LogP) is 2.54. The van der Waals surface area contributed by atoms with Crippen molar-refractivity contribution >= 4 is 51.0 Å². The molecule has 2 heterocycles. The summed E-state index contributed by atoms with van der Waals surface area (Å²) in [5, 5.41) is 8.77. The van der Waals surface area contributed by atoms with E-state index in [1.807, 2.05) is 36.4 Å². The molecule has 0 spiro atoms. The van der Waals surface area contributed by atoms with Crippen LogP contribution < -0.4 is 10.6 Å². The second kappa shape index (κ2) is 5.58. The maximum atomic E-state index is 12.1. The monoisotopic (exact) mass is 326 g/mol. The molecule has 2 aliphatic heterocycles. The first kappa shape index (κ1) is 14.1. The summed E-state index contributed by atoms with van der Waals surface area (Å²) in [4.78, 5) is 29.4. The fraction of sp³-hybridized carbons (Fsp3) is 0.188. The molecule has 23 heavy (non-hydrogen) atoms. The fourth-order valence-corrected chi connectivity index (χ4v) is 3.52. The van der Waals surface area contributed by atoms with Crippen molar-refractivity contribution in [2.24, 2.45) is 4.99 Å². The number of imide groups is 1. The average Bonchev–Trinajstić information content (AvgIpc) is 2.99. The van der Waals surface area contributed by atoms with Crippen LogP contribution in [-0.2, 0) is 4.79 Å². The Labute approximate surface area is 136 Å². The van der Waals surface area contributed by atoms with Crippen LogP contribution in [0.3, 0.4) is 0 Å². The van der Waals surface area contributed by atoms with Crippen LogP contribution in [0, 0.1) is 0 Å². The third-order valence-corrected chi connectivity index (χ3v) is 4.69. The SMILES string of the molecule is O=C(CSC1=Nc2cccc3cccc(c23)N1)N1CCNC1=O. The van der Waals surface area contributed by atoms with Gasteiger partial charge in [-0.25, -0.2) is 9.79 Å². The fourth-order valence-electron chi connectivity index (χ4n) is 2.76. The Hall–Kier alpha value is -2.54. The van der Waals surface area contributed by atoms with Crippen molar-refractivity contribution in [3.8, 4) is 0 Å². The van der Waals surface area contributed by atoms with E-state index in [1.54, 1.807) is 0 Å². The summed E-state index contributed by atoms with van der Waals surface area (Å²) in [6, 6.07) is 11.7. The zero-order chi connectivity index (χ0) is 15.8. The van der Waals surface area contributed by atoms with Crippen LogP contribution in [0.2, 0.25) is 0 Å². The number of benzene rings is 2. The third kappa shape index (κ3) is 2.53. The number of carbonyl (C=O) groups excluding carboxylic acids is 2. The number of aliphatic imine (C=N–C) groups is 1. The van der Waals surface area contributed by atoms with Gasteiger partial charge in [0.05, 0.1) is 17.1 Å². The van der Waals surface area contributed by atoms with Crippen LogP contribution in [0.4, 0.5) is 16.2 Å². The van der Waals surface area contributed by atoms with Gasteiger partial charge in [-0.2, -0.15) is 0 Å². The number of amidine groups is 1. The second-order valence-corrected chi connectivity index (χ2v) is 6.25. The Morgan fingerprint density at radius 3 is 2.87 bits per heavy atom. The lowest BCUT2D eigenvalue weighted by Gasteiger charge is -2.19. The molecule has 1 fully saturated rings. The summed E-state index contributed by atoms with van der Waals surface area (Å²) in [7, 11) is 0. The minimum absolute atomic E-state index is 0.178. The largest absolute Gasteiger partial charge is 0.336 e. The van der Waals surface area contributed by atoms with Gasteiger partial charge in [0.2, 0.25) is 5.91 Å². The number of urea groups is 1. The van der Waals surface area contributed by atoms with Gasteiger partial charge >= 0.3 is 6.03 Å². The molecule has 3 amide bonds.